The topological polar surface area (TPSA) is 64.7 Å². The monoisotopic (exact) mass is 306 g/mol. The summed E-state index contributed by atoms with van der Waals surface area (Å²) in [5, 5.41) is 16.9. The van der Waals surface area contributed by atoms with Crippen molar-refractivity contribution in [3.8, 4) is 0 Å². The van der Waals surface area contributed by atoms with Crippen molar-refractivity contribution in [1.82, 2.24) is 0 Å². The number of nitro benzene ring substituents is 1. The summed E-state index contributed by atoms with van der Waals surface area (Å²) in [7, 11) is 0. The molecule has 3 aromatic rings. The Bertz CT molecular complexity index is 870. The van der Waals surface area contributed by atoms with E-state index >= 15 is 0 Å². The zero-order chi connectivity index (χ0) is 16.1. The predicted molar refractivity (Wildman–Crippen MR) is 89.4 cm³/mol. The Labute approximate surface area is 133 Å². The Hall–Kier alpha value is -3.21. The minimum absolute atomic E-state index is 0.0306. The van der Waals surface area contributed by atoms with E-state index in [1.165, 1.54) is 18.3 Å². The number of hydrogen-bond acceptors (Lipinski definition) is 4. The first kappa shape index (κ1) is 14.7. The van der Waals surface area contributed by atoms with E-state index in [0.29, 0.717) is 12.2 Å². The number of benzene rings is 3. The van der Waals surface area contributed by atoms with Gasteiger partial charge in [0.05, 0.1) is 11.1 Å². The molecule has 0 bridgehead atoms. The molecular weight excluding hydrogens is 292 g/mol. The minimum Gasteiger partial charge on any atom is -0.391 e. The largest absolute Gasteiger partial charge is 0.391 e. The number of fused-ring (bicyclic) bond motifs is 1. The molecule has 5 nitrogen and oxygen atoms in total. The lowest BCUT2D eigenvalue weighted by Gasteiger charge is -2.05. The number of non-ortho nitro benzene ring substituents is 1. The quantitative estimate of drug-likeness (QED) is 0.401. The van der Waals surface area contributed by atoms with Crippen LogP contribution in [0.5, 0.6) is 0 Å². The van der Waals surface area contributed by atoms with E-state index in [-0.39, 0.29) is 5.69 Å². The summed E-state index contributed by atoms with van der Waals surface area (Å²) in [6.45, 7) is 0.340. The van der Waals surface area contributed by atoms with Gasteiger partial charge in [-0.1, -0.05) is 59.8 Å². The van der Waals surface area contributed by atoms with Gasteiger partial charge in [0.15, 0.2) is 0 Å². The van der Waals surface area contributed by atoms with Gasteiger partial charge in [0.1, 0.15) is 6.61 Å². The molecule has 0 aliphatic rings. The fourth-order valence-electron chi connectivity index (χ4n) is 2.34. The van der Waals surface area contributed by atoms with Crippen molar-refractivity contribution in [2.24, 2.45) is 5.16 Å². The van der Waals surface area contributed by atoms with Crippen molar-refractivity contribution in [2.75, 3.05) is 0 Å². The molecule has 0 N–H and O–H groups in total. The molecule has 3 rings (SSSR count). The maximum absolute atomic E-state index is 10.7. The lowest BCUT2D eigenvalue weighted by Crippen LogP contribution is -1.91. The van der Waals surface area contributed by atoms with Gasteiger partial charge in [0.25, 0.3) is 5.69 Å². The molecule has 0 heterocycles. The van der Waals surface area contributed by atoms with Crippen LogP contribution in [0, 0.1) is 10.1 Å². The van der Waals surface area contributed by atoms with Gasteiger partial charge in [-0.25, -0.2) is 0 Å². The Kier molecular flexibility index (Phi) is 4.29. The molecule has 0 fully saturated rings. The highest BCUT2D eigenvalue weighted by molar-refractivity contribution is 5.85. The van der Waals surface area contributed by atoms with Gasteiger partial charge in [-0.2, -0.15) is 0 Å². The Balaban J connectivity index is 1.69. The average Bonchev–Trinajstić information content (AvgIpc) is 2.59. The normalized spacial score (nSPS) is 11.0. The van der Waals surface area contributed by atoms with E-state index in [4.69, 9.17) is 4.84 Å². The first-order chi connectivity index (χ1) is 11.2. The SMILES string of the molecule is O=[N+]([O-])c1cccc(/C=N\OCc2cccc3ccccc23)c1. The van der Waals surface area contributed by atoms with Crippen molar-refractivity contribution in [3.05, 3.63) is 88.0 Å². The molecule has 0 radical (unpaired) electrons. The molecule has 0 spiro atoms. The van der Waals surface area contributed by atoms with Crippen LogP contribution in [0.1, 0.15) is 11.1 Å². The molecule has 0 saturated heterocycles. The third-order valence-electron chi connectivity index (χ3n) is 3.46. The first-order valence-corrected chi connectivity index (χ1v) is 7.10. The van der Waals surface area contributed by atoms with Crippen LogP contribution in [0.15, 0.2) is 71.9 Å². The number of nitro groups is 1. The van der Waals surface area contributed by atoms with Crippen LogP contribution in [0.2, 0.25) is 0 Å². The van der Waals surface area contributed by atoms with Crippen LogP contribution in [0.3, 0.4) is 0 Å². The lowest BCUT2D eigenvalue weighted by molar-refractivity contribution is -0.384. The first-order valence-electron chi connectivity index (χ1n) is 7.10. The summed E-state index contributed by atoms with van der Waals surface area (Å²) in [4.78, 5) is 15.6. The smallest absolute Gasteiger partial charge is 0.270 e. The molecule has 23 heavy (non-hydrogen) atoms. The number of oxime groups is 1. The number of hydrogen-bond donors (Lipinski definition) is 0. The van der Waals surface area contributed by atoms with Gasteiger partial charge in [-0.05, 0) is 16.3 Å². The molecule has 0 saturated carbocycles. The summed E-state index contributed by atoms with van der Waals surface area (Å²) in [6.07, 6.45) is 1.47. The second kappa shape index (κ2) is 6.70. The zero-order valence-corrected chi connectivity index (χ0v) is 12.3. The highest BCUT2D eigenvalue weighted by atomic mass is 16.6. The second-order valence-corrected chi connectivity index (χ2v) is 5.00. The Morgan fingerprint density at radius 2 is 1.83 bits per heavy atom. The molecule has 0 amide bonds. The highest BCUT2D eigenvalue weighted by Crippen LogP contribution is 2.19. The van der Waals surface area contributed by atoms with E-state index in [1.54, 1.807) is 12.1 Å². The lowest BCUT2D eigenvalue weighted by atomic mass is 10.1. The fourth-order valence-corrected chi connectivity index (χ4v) is 2.34. The zero-order valence-electron chi connectivity index (χ0n) is 12.3. The molecule has 0 atom stereocenters. The van der Waals surface area contributed by atoms with E-state index in [2.05, 4.69) is 5.16 Å². The Morgan fingerprint density at radius 1 is 1.04 bits per heavy atom. The summed E-state index contributed by atoms with van der Waals surface area (Å²) in [5.41, 5.74) is 1.69. The van der Waals surface area contributed by atoms with E-state index in [0.717, 1.165) is 16.3 Å². The molecule has 0 unspecified atom stereocenters. The van der Waals surface area contributed by atoms with E-state index in [9.17, 15) is 10.1 Å². The molecule has 0 aliphatic heterocycles. The second-order valence-electron chi connectivity index (χ2n) is 5.00. The molecule has 0 aromatic heterocycles. The van der Waals surface area contributed by atoms with Crippen LogP contribution in [0.4, 0.5) is 5.69 Å². The van der Waals surface area contributed by atoms with Gasteiger partial charge in [0, 0.05) is 17.7 Å². The minimum atomic E-state index is -0.436. The summed E-state index contributed by atoms with van der Waals surface area (Å²) >= 11 is 0. The third-order valence-corrected chi connectivity index (χ3v) is 3.46. The maximum atomic E-state index is 10.7. The molecule has 114 valence electrons. The van der Waals surface area contributed by atoms with Crippen LogP contribution in [0.25, 0.3) is 10.8 Å². The van der Waals surface area contributed by atoms with Crippen molar-refractivity contribution in [3.63, 3.8) is 0 Å². The standard InChI is InChI=1S/C18H14N2O3/c21-20(22)17-9-3-5-14(11-17)12-19-23-13-16-8-4-7-15-6-1-2-10-18(15)16/h1-12H,13H2/b19-12-. The highest BCUT2D eigenvalue weighted by Gasteiger charge is 2.04. The summed E-state index contributed by atoms with van der Waals surface area (Å²) < 4.78 is 0. The third kappa shape index (κ3) is 3.52. The van der Waals surface area contributed by atoms with E-state index in [1.807, 2.05) is 42.5 Å². The molecule has 3 aromatic carbocycles. The van der Waals surface area contributed by atoms with Crippen LogP contribution >= 0.6 is 0 Å². The van der Waals surface area contributed by atoms with Crippen LogP contribution < -0.4 is 0 Å². The van der Waals surface area contributed by atoms with Gasteiger partial charge < -0.3 is 4.84 Å². The summed E-state index contributed by atoms with van der Waals surface area (Å²) in [5.74, 6) is 0. The maximum Gasteiger partial charge on any atom is 0.270 e. The molecule has 0 aliphatic carbocycles. The summed E-state index contributed by atoms with van der Waals surface area (Å²) in [6, 6.07) is 20.3. The van der Waals surface area contributed by atoms with Crippen molar-refractivity contribution in [2.45, 2.75) is 6.61 Å². The van der Waals surface area contributed by atoms with Crippen molar-refractivity contribution in [1.29, 1.82) is 0 Å². The van der Waals surface area contributed by atoms with Crippen molar-refractivity contribution >= 4 is 22.7 Å². The number of nitrogens with zero attached hydrogens (tertiary/aromatic N) is 2. The van der Waals surface area contributed by atoms with E-state index < -0.39 is 4.92 Å². The van der Waals surface area contributed by atoms with Gasteiger partial charge in [-0.15, -0.1) is 0 Å². The van der Waals surface area contributed by atoms with Crippen LogP contribution in [-0.4, -0.2) is 11.1 Å². The van der Waals surface area contributed by atoms with Gasteiger partial charge in [-0.3, -0.25) is 10.1 Å². The van der Waals surface area contributed by atoms with Gasteiger partial charge >= 0.3 is 0 Å². The van der Waals surface area contributed by atoms with Crippen LogP contribution in [-0.2, 0) is 11.4 Å². The van der Waals surface area contributed by atoms with Crippen molar-refractivity contribution < 1.29 is 9.76 Å². The average molecular weight is 306 g/mol. The predicted octanol–water partition coefficient (Wildman–Crippen LogP) is 4.30. The van der Waals surface area contributed by atoms with Gasteiger partial charge in [0.2, 0.25) is 0 Å². The number of rotatable bonds is 5. The fraction of sp³-hybridized carbons (Fsp3) is 0.0556. The molecule has 5 heteroatoms. The Morgan fingerprint density at radius 3 is 2.70 bits per heavy atom. The molecular formula is C18H14N2O3.